The van der Waals surface area contributed by atoms with E-state index in [-0.39, 0.29) is 0 Å². The van der Waals surface area contributed by atoms with E-state index in [1.165, 1.54) is 44.9 Å². The second kappa shape index (κ2) is 6.13. The normalized spacial score (nSPS) is 41.1. The fraction of sp³-hybridized carbons (Fsp3) is 1.00. The number of likely N-dealkylation sites (tertiary alicyclic amines) is 1. The van der Waals surface area contributed by atoms with Crippen molar-refractivity contribution in [1.29, 1.82) is 0 Å². The van der Waals surface area contributed by atoms with Gasteiger partial charge in [0.25, 0.3) is 0 Å². The van der Waals surface area contributed by atoms with Crippen LogP contribution in [0.2, 0.25) is 0 Å². The summed E-state index contributed by atoms with van der Waals surface area (Å²) in [6, 6.07) is 1.51. The first-order chi connectivity index (χ1) is 9.06. The summed E-state index contributed by atoms with van der Waals surface area (Å²) < 4.78 is 0. The number of rotatable bonds is 4. The van der Waals surface area contributed by atoms with Gasteiger partial charge in [0.05, 0.1) is 0 Å². The van der Waals surface area contributed by atoms with Crippen molar-refractivity contribution in [2.45, 2.75) is 90.3 Å². The molecule has 2 fully saturated rings. The van der Waals surface area contributed by atoms with Gasteiger partial charge in [0, 0.05) is 24.2 Å². The van der Waals surface area contributed by atoms with Crippen molar-refractivity contribution in [2.24, 2.45) is 17.6 Å². The van der Waals surface area contributed by atoms with Gasteiger partial charge < -0.3 is 5.73 Å². The Morgan fingerprint density at radius 1 is 1.21 bits per heavy atom. The third-order valence-corrected chi connectivity index (χ3v) is 5.99. The number of hydrogen-bond donors (Lipinski definition) is 1. The van der Waals surface area contributed by atoms with Crippen LogP contribution < -0.4 is 5.73 Å². The van der Waals surface area contributed by atoms with E-state index in [1.54, 1.807) is 0 Å². The summed E-state index contributed by atoms with van der Waals surface area (Å²) in [5.41, 5.74) is 6.68. The van der Waals surface area contributed by atoms with E-state index in [0.29, 0.717) is 5.54 Å². The van der Waals surface area contributed by atoms with E-state index < -0.39 is 0 Å². The first kappa shape index (κ1) is 15.3. The first-order valence-corrected chi connectivity index (χ1v) is 8.55. The van der Waals surface area contributed by atoms with Crippen molar-refractivity contribution in [2.75, 3.05) is 6.54 Å². The van der Waals surface area contributed by atoms with Crippen LogP contribution in [0.3, 0.4) is 0 Å². The van der Waals surface area contributed by atoms with Crippen molar-refractivity contribution in [1.82, 2.24) is 4.90 Å². The monoisotopic (exact) mass is 266 g/mol. The average molecular weight is 266 g/mol. The van der Waals surface area contributed by atoms with Crippen LogP contribution in [0.5, 0.6) is 0 Å². The van der Waals surface area contributed by atoms with Gasteiger partial charge in [-0.15, -0.1) is 0 Å². The molecule has 1 saturated heterocycles. The SMILES string of the molecule is CCC1CCC(C)N1C1(CN)CCCCC1C(C)C. The lowest BCUT2D eigenvalue weighted by Gasteiger charge is -2.55. The first-order valence-electron chi connectivity index (χ1n) is 8.55. The van der Waals surface area contributed by atoms with Crippen LogP contribution in [0.15, 0.2) is 0 Å². The summed E-state index contributed by atoms with van der Waals surface area (Å²) in [5.74, 6) is 1.55. The van der Waals surface area contributed by atoms with Crippen LogP contribution in [-0.2, 0) is 0 Å². The van der Waals surface area contributed by atoms with E-state index in [9.17, 15) is 0 Å². The highest BCUT2D eigenvalue weighted by Crippen LogP contribution is 2.46. The van der Waals surface area contributed by atoms with Gasteiger partial charge in [-0.3, -0.25) is 4.90 Å². The molecule has 112 valence electrons. The Morgan fingerprint density at radius 2 is 1.95 bits per heavy atom. The zero-order valence-corrected chi connectivity index (χ0v) is 13.5. The van der Waals surface area contributed by atoms with Crippen molar-refractivity contribution in [3.05, 3.63) is 0 Å². The molecule has 1 aliphatic carbocycles. The molecule has 2 aliphatic rings. The van der Waals surface area contributed by atoms with Crippen molar-refractivity contribution in [3.63, 3.8) is 0 Å². The molecule has 1 saturated carbocycles. The van der Waals surface area contributed by atoms with Crippen molar-refractivity contribution >= 4 is 0 Å². The van der Waals surface area contributed by atoms with Gasteiger partial charge in [0.1, 0.15) is 0 Å². The summed E-state index contributed by atoms with van der Waals surface area (Å²) in [4.78, 5) is 2.87. The van der Waals surface area contributed by atoms with E-state index in [0.717, 1.165) is 30.5 Å². The Labute approximate surface area is 120 Å². The zero-order valence-electron chi connectivity index (χ0n) is 13.5. The van der Waals surface area contributed by atoms with Crippen LogP contribution in [0.4, 0.5) is 0 Å². The maximum absolute atomic E-state index is 6.38. The molecule has 0 aromatic heterocycles. The highest BCUT2D eigenvalue weighted by Gasteiger charge is 2.50. The highest BCUT2D eigenvalue weighted by molar-refractivity contribution is 5.06. The molecule has 2 rings (SSSR count). The number of hydrogen-bond acceptors (Lipinski definition) is 2. The van der Waals surface area contributed by atoms with Crippen molar-refractivity contribution in [3.8, 4) is 0 Å². The topological polar surface area (TPSA) is 29.3 Å². The van der Waals surface area contributed by atoms with Gasteiger partial charge >= 0.3 is 0 Å². The van der Waals surface area contributed by atoms with Gasteiger partial charge in [-0.1, -0.05) is 33.6 Å². The molecular formula is C17H34N2. The molecule has 4 atom stereocenters. The second-order valence-corrected chi connectivity index (χ2v) is 7.30. The molecule has 0 bridgehead atoms. The molecule has 1 heterocycles. The predicted octanol–water partition coefficient (Wildman–Crippen LogP) is 3.79. The molecule has 2 nitrogen and oxygen atoms in total. The fourth-order valence-corrected chi connectivity index (χ4v) is 5.16. The molecule has 0 aromatic carbocycles. The minimum atomic E-state index is 0.295. The van der Waals surface area contributed by atoms with Crippen LogP contribution in [0.25, 0.3) is 0 Å². The van der Waals surface area contributed by atoms with E-state index in [4.69, 9.17) is 5.73 Å². The number of nitrogens with two attached hydrogens (primary N) is 1. The second-order valence-electron chi connectivity index (χ2n) is 7.30. The Balaban J connectivity index is 2.33. The van der Waals surface area contributed by atoms with Gasteiger partial charge in [-0.25, -0.2) is 0 Å². The summed E-state index contributed by atoms with van der Waals surface area (Å²) >= 11 is 0. The molecule has 1 aliphatic heterocycles. The molecule has 0 radical (unpaired) electrons. The van der Waals surface area contributed by atoms with E-state index in [1.807, 2.05) is 0 Å². The van der Waals surface area contributed by atoms with Crippen LogP contribution in [0, 0.1) is 11.8 Å². The molecule has 2 N–H and O–H groups in total. The van der Waals surface area contributed by atoms with E-state index in [2.05, 4.69) is 32.6 Å². The van der Waals surface area contributed by atoms with E-state index >= 15 is 0 Å². The lowest BCUT2D eigenvalue weighted by molar-refractivity contribution is -0.0427. The Morgan fingerprint density at radius 3 is 2.53 bits per heavy atom. The van der Waals surface area contributed by atoms with Crippen molar-refractivity contribution < 1.29 is 0 Å². The minimum absolute atomic E-state index is 0.295. The smallest absolute Gasteiger partial charge is 0.0367 e. The summed E-state index contributed by atoms with van der Waals surface area (Å²) in [6.45, 7) is 10.5. The molecule has 0 aromatic rings. The average Bonchev–Trinajstić information content (AvgIpc) is 2.80. The molecule has 0 amide bonds. The summed E-state index contributed by atoms with van der Waals surface area (Å²) in [7, 11) is 0. The van der Waals surface area contributed by atoms with Crippen LogP contribution >= 0.6 is 0 Å². The Bertz CT molecular complexity index is 289. The lowest BCUT2D eigenvalue weighted by Crippen LogP contribution is -2.64. The maximum atomic E-state index is 6.38. The summed E-state index contributed by atoms with van der Waals surface area (Å²) in [6.07, 6.45) is 9.53. The molecule has 19 heavy (non-hydrogen) atoms. The molecule has 0 spiro atoms. The van der Waals surface area contributed by atoms with Gasteiger partial charge in [0.2, 0.25) is 0 Å². The number of nitrogens with zero attached hydrogens (tertiary/aromatic N) is 1. The third-order valence-electron chi connectivity index (χ3n) is 5.99. The molecule has 4 unspecified atom stereocenters. The minimum Gasteiger partial charge on any atom is -0.329 e. The summed E-state index contributed by atoms with van der Waals surface area (Å²) in [5, 5.41) is 0. The standard InChI is InChI=1S/C17H34N2/c1-5-15-10-9-14(4)19(15)17(12-18)11-7-6-8-16(17)13(2)3/h13-16H,5-12,18H2,1-4H3. The Hall–Kier alpha value is -0.0800. The maximum Gasteiger partial charge on any atom is 0.0367 e. The zero-order chi connectivity index (χ0) is 14.0. The van der Waals surface area contributed by atoms with Crippen LogP contribution in [0.1, 0.15) is 72.6 Å². The lowest BCUT2D eigenvalue weighted by atomic mass is 9.66. The molecule has 2 heteroatoms. The predicted molar refractivity (Wildman–Crippen MR) is 83.2 cm³/mol. The highest BCUT2D eigenvalue weighted by atomic mass is 15.3. The van der Waals surface area contributed by atoms with Gasteiger partial charge in [-0.05, 0) is 50.9 Å². The quantitative estimate of drug-likeness (QED) is 0.839. The fourth-order valence-electron chi connectivity index (χ4n) is 5.16. The molecular weight excluding hydrogens is 232 g/mol. The van der Waals surface area contributed by atoms with Gasteiger partial charge in [0.15, 0.2) is 0 Å². The third kappa shape index (κ3) is 2.58. The van der Waals surface area contributed by atoms with Crippen LogP contribution in [-0.4, -0.2) is 29.1 Å². The van der Waals surface area contributed by atoms with Gasteiger partial charge in [-0.2, -0.15) is 0 Å². The largest absolute Gasteiger partial charge is 0.329 e. The Kier molecular flexibility index (Phi) is 4.94.